The second kappa shape index (κ2) is 7.16. The summed E-state index contributed by atoms with van der Waals surface area (Å²) >= 11 is 0. The average molecular weight is 335 g/mol. The van der Waals surface area contributed by atoms with Crippen molar-refractivity contribution in [1.82, 2.24) is 0 Å². The van der Waals surface area contributed by atoms with Gasteiger partial charge in [-0.15, -0.1) is 0 Å². The first-order valence-corrected chi connectivity index (χ1v) is 9.02. The lowest BCUT2D eigenvalue weighted by atomic mass is 9.71. The topological polar surface area (TPSA) is 57.5 Å². The third-order valence-electron chi connectivity index (χ3n) is 5.42. The number of rotatable bonds is 7. The van der Waals surface area contributed by atoms with E-state index in [1.54, 1.807) is 6.07 Å². The molecule has 0 unspecified atom stereocenters. The molecule has 136 valence electrons. The number of carboxylic acids is 1. The van der Waals surface area contributed by atoms with Gasteiger partial charge in [0.15, 0.2) is 0 Å². The molecule has 24 heavy (non-hydrogen) atoms. The zero-order chi connectivity index (χ0) is 18.9. The zero-order valence-electron chi connectivity index (χ0n) is 16.6. The number of hydrogen-bond donors (Lipinski definition) is 2. The highest BCUT2D eigenvalue weighted by molar-refractivity contribution is 5.91. The van der Waals surface area contributed by atoms with Crippen LogP contribution >= 0.6 is 0 Å². The number of aromatic carboxylic acids is 1. The summed E-state index contributed by atoms with van der Waals surface area (Å²) in [5.41, 5.74) is 2.13. The van der Waals surface area contributed by atoms with Crippen molar-refractivity contribution in [2.24, 2.45) is 5.92 Å². The minimum absolute atomic E-state index is 0.275. The molecule has 1 rings (SSSR count). The van der Waals surface area contributed by atoms with Gasteiger partial charge in [-0.2, -0.15) is 0 Å². The number of carboxylic acid groups (broad SMARTS) is 1. The summed E-state index contributed by atoms with van der Waals surface area (Å²) in [6.45, 7) is 16.6. The number of phenolic OH excluding ortho intramolecular Hbond substituents is 1. The SMILES string of the molecule is CCC(C)(C)c1cc(C(=O)O)c(CC(C)C)c(C(C)(C)CC)c1O. The Kier molecular flexibility index (Phi) is 6.13. The smallest absolute Gasteiger partial charge is 0.335 e. The Hall–Kier alpha value is -1.51. The maximum Gasteiger partial charge on any atom is 0.335 e. The molecule has 0 aromatic heterocycles. The Bertz CT molecular complexity index is 610. The molecule has 1 aromatic rings. The molecule has 0 radical (unpaired) electrons. The van der Waals surface area contributed by atoms with E-state index in [4.69, 9.17) is 0 Å². The lowest BCUT2D eigenvalue weighted by Gasteiger charge is -2.34. The molecule has 0 saturated heterocycles. The summed E-state index contributed by atoms with van der Waals surface area (Å²) in [6.07, 6.45) is 2.32. The van der Waals surface area contributed by atoms with Crippen LogP contribution in [0.25, 0.3) is 0 Å². The third kappa shape index (κ3) is 3.93. The van der Waals surface area contributed by atoms with Gasteiger partial charge in [-0.1, -0.05) is 55.4 Å². The molecule has 2 N–H and O–H groups in total. The standard InChI is InChI=1S/C21H34O3/c1-9-20(5,6)16-12-15(19(23)24)14(11-13(3)4)17(18(16)22)21(7,8)10-2/h12-13,22H,9-11H2,1-8H3,(H,23,24). The van der Waals surface area contributed by atoms with E-state index in [1.807, 2.05) is 0 Å². The summed E-state index contributed by atoms with van der Waals surface area (Å²) in [5, 5.41) is 20.9. The summed E-state index contributed by atoms with van der Waals surface area (Å²) in [6, 6.07) is 1.70. The maximum atomic E-state index is 12.0. The van der Waals surface area contributed by atoms with Crippen molar-refractivity contribution < 1.29 is 15.0 Å². The van der Waals surface area contributed by atoms with Crippen molar-refractivity contribution in [3.63, 3.8) is 0 Å². The summed E-state index contributed by atoms with van der Waals surface area (Å²) in [4.78, 5) is 12.0. The van der Waals surface area contributed by atoms with E-state index in [2.05, 4.69) is 55.4 Å². The van der Waals surface area contributed by atoms with E-state index in [0.717, 1.165) is 29.5 Å². The average Bonchev–Trinajstić information content (AvgIpc) is 2.45. The van der Waals surface area contributed by atoms with Crippen LogP contribution in [0, 0.1) is 5.92 Å². The lowest BCUT2D eigenvalue weighted by Crippen LogP contribution is -2.25. The molecule has 3 heteroatoms. The van der Waals surface area contributed by atoms with Crippen LogP contribution < -0.4 is 0 Å². The highest BCUT2D eigenvalue weighted by atomic mass is 16.4. The molecule has 3 nitrogen and oxygen atoms in total. The molecule has 0 aliphatic carbocycles. The Labute approximate surface area is 147 Å². The normalized spacial score (nSPS) is 12.7. The van der Waals surface area contributed by atoms with Crippen LogP contribution in [0.5, 0.6) is 5.75 Å². The van der Waals surface area contributed by atoms with E-state index < -0.39 is 5.97 Å². The quantitative estimate of drug-likeness (QED) is 0.676. The highest BCUT2D eigenvalue weighted by Crippen LogP contribution is 2.45. The van der Waals surface area contributed by atoms with Crippen LogP contribution in [-0.2, 0) is 17.3 Å². The first kappa shape index (κ1) is 20.5. The first-order chi connectivity index (χ1) is 10.9. The van der Waals surface area contributed by atoms with Crippen molar-refractivity contribution in [2.45, 2.75) is 85.5 Å². The molecular weight excluding hydrogens is 300 g/mol. The van der Waals surface area contributed by atoms with Gasteiger partial charge in [-0.3, -0.25) is 0 Å². The minimum atomic E-state index is -0.910. The third-order valence-corrected chi connectivity index (χ3v) is 5.42. The number of aromatic hydroxyl groups is 1. The van der Waals surface area contributed by atoms with Gasteiger partial charge < -0.3 is 10.2 Å². The van der Waals surface area contributed by atoms with E-state index in [0.29, 0.717) is 17.9 Å². The van der Waals surface area contributed by atoms with Crippen LogP contribution in [0.1, 0.15) is 95.3 Å². The van der Waals surface area contributed by atoms with Crippen molar-refractivity contribution >= 4 is 5.97 Å². The van der Waals surface area contributed by atoms with Gasteiger partial charge in [0.25, 0.3) is 0 Å². The van der Waals surface area contributed by atoms with E-state index in [9.17, 15) is 15.0 Å². The van der Waals surface area contributed by atoms with E-state index in [1.165, 1.54) is 0 Å². The van der Waals surface area contributed by atoms with E-state index in [-0.39, 0.29) is 16.6 Å². The molecule has 0 atom stereocenters. The van der Waals surface area contributed by atoms with E-state index >= 15 is 0 Å². The lowest BCUT2D eigenvalue weighted by molar-refractivity contribution is 0.0695. The predicted molar refractivity (Wildman–Crippen MR) is 100 cm³/mol. The molecule has 0 fully saturated rings. The number of phenols is 1. The molecule has 1 aromatic carbocycles. The molecule has 0 saturated carbocycles. The summed E-state index contributed by atoms with van der Waals surface area (Å²) < 4.78 is 0. The second-order valence-corrected chi connectivity index (χ2v) is 8.55. The van der Waals surface area contributed by atoms with Crippen LogP contribution in [-0.4, -0.2) is 16.2 Å². The first-order valence-electron chi connectivity index (χ1n) is 9.02. The fourth-order valence-corrected chi connectivity index (χ4v) is 3.14. The van der Waals surface area contributed by atoms with Crippen molar-refractivity contribution in [3.05, 3.63) is 28.3 Å². The Morgan fingerprint density at radius 3 is 1.96 bits per heavy atom. The van der Waals surface area contributed by atoms with Gasteiger partial charge in [-0.25, -0.2) is 4.79 Å². The van der Waals surface area contributed by atoms with Crippen molar-refractivity contribution in [2.75, 3.05) is 0 Å². The van der Waals surface area contributed by atoms with Gasteiger partial charge in [0.1, 0.15) is 5.75 Å². The Morgan fingerprint density at radius 2 is 1.58 bits per heavy atom. The maximum absolute atomic E-state index is 12.0. The predicted octanol–water partition coefficient (Wildman–Crippen LogP) is 5.66. The fraction of sp³-hybridized carbons (Fsp3) is 0.667. The molecule has 0 aliphatic rings. The molecular formula is C21H34O3. The number of hydrogen-bond acceptors (Lipinski definition) is 2. The minimum Gasteiger partial charge on any atom is -0.507 e. The van der Waals surface area contributed by atoms with Gasteiger partial charge >= 0.3 is 5.97 Å². The monoisotopic (exact) mass is 334 g/mol. The molecule has 0 bridgehead atoms. The number of carbonyl (C=O) groups is 1. The van der Waals surface area contributed by atoms with Gasteiger partial charge in [-0.05, 0) is 47.6 Å². The summed E-state index contributed by atoms with van der Waals surface area (Å²) in [5.74, 6) is -0.305. The molecule has 0 heterocycles. The fourth-order valence-electron chi connectivity index (χ4n) is 3.14. The second-order valence-electron chi connectivity index (χ2n) is 8.55. The molecule has 0 spiro atoms. The van der Waals surface area contributed by atoms with Gasteiger partial charge in [0.05, 0.1) is 5.56 Å². The Balaban J connectivity index is 3.94. The van der Waals surface area contributed by atoms with Crippen LogP contribution in [0.2, 0.25) is 0 Å². The number of benzene rings is 1. The van der Waals surface area contributed by atoms with Crippen LogP contribution in [0.15, 0.2) is 6.07 Å². The Morgan fingerprint density at radius 1 is 1.08 bits per heavy atom. The highest BCUT2D eigenvalue weighted by Gasteiger charge is 2.34. The van der Waals surface area contributed by atoms with Crippen LogP contribution in [0.3, 0.4) is 0 Å². The largest absolute Gasteiger partial charge is 0.507 e. The molecule has 0 amide bonds. The van der Waals surface area contributed by atoms with Crippen molar-refractivity contribution in [1.29, 1.82) is 0 Å². The molecule has 0 aliphatic heterocycles. The van der Waals surface area contributed by atoms with Gasteiger partial charge in [0.2, 0.25) is 0 Å². The van der Waals surface area contributed by atoms with Crippen molar-refractivity contribution in [3.8, 4) is 5.75 Å². The van der Waals surface area contributed by atoms with Gasteiger partial charge in [0, 0.05) is 11.1 Å². The summed E-state index contributed by atoms with van der Waals surface area (Å²) in [7, 11) is 0. The van der Waals surface area contributed by atoms with Crippen LogP contribution in [0.4, 0.5) is 0 Å². The zero-order valence-corrected chi connectivity index (χ0v) is 16.6.